The van der Waals surface area contributed by atoms with Crippen LogP contribution in [0.3, 0.4) is 0 Å². The molecule has 1 unspecified atom stereocenters. The van der Waals surface area contributed by atoms with E-state index in [0.717, 1.165) is 23.3 Å². The van der Waals surface area contributed by atoms with Gasteiger partial charge in [0.1, 0.15) is 22.9 Å². The zero-order chi connectivity index (χ0) is 25.8. The Balaban J connectivity index is 1.72. The van der Waals surface area contributed by atoms with Crippen LogP contribution in [0.1, 0.15) is 68.2 Å². The maximum absolute atomic E-state index is 13.5. The van der Waals surface area contributed by atoms with E-state index in [2.05, 4.69) is 24.0 Å². The van der Waals surface area contributed by atoms with Crippen molar-refractivity contribution in [1.29, 1.82) is 0 Å². The third-order valence-electron chi connectivity index (χ3n) is 6.21. The Kier molecular flexibility index (Phi) is 8.21. The molecule has 2 heterocycles. The zero-order valence-electron chi connectivity index (χ0n) is 21.3. The minimum atomic E-state index is -0.396. The van der Waals surface area contributed by atoms with E-state index in [1.165, 1.54) is 6.07 Å². The first-order chi connectivity index (χ1) is 17.3. The number of aromatic amines is 1. The molecule has 7 nitrogen and oxygen atoms in total. The molecule has 0 saturated carbocycles. The Morgan fingerprint density at radius 1 is 1.14 bits per heavy atom. The minimum Gasteiger partial charge on any atom is -0.507 e. The van der Waals surface area contributed by atoms with Crippen molar-refractivity contribution in [3.8, 4) is 22.8 Å². The molecular weight excluding hydrogens is 478 g/mol. The highest BCUT2D eigenvalue weighted by Gasteiger charge is 2.42. The van der Waals surface area contributed by atoms with Crippen molar-refractivity contribution in [2.45, 2.75) is 52.7 Å². The van der Waals surface area contributed by atoms with E-state index in [-0.39, 0.29) is 17.8 Å². The van der Waals surface area contributed by atoms with Gasteiger partial charge in [0.25, 0.3) is 5.91 Å². The maximum atomic E-state index is 13.5. The fourth-order valence-corrected chi connectivity index (χ4v) is 4.59. The summed E-state index contributed by atoms with van der Waals surface area (Å²) in [6.45, 7) is 10.0. The van der Waals surface area contributed by atoms with Crippen molar-refractivity contribution >= 4 is 17.5 Å². The van der Waals surface area contributed by atoms with E-state index < -0.39 is 6.04 Å². The number of aromatic nitrogens is 2. The first kappa shape index (κ1) is 26.0. The number of phenolic OH excluding ortho intramolecular Hbond substituents is 1. The second-order valence-electron chi connectivity index (χ2n) is 9.80. The number of hydrogen-bond acceptors (Lipinski definition) is 5. The Bertz CT molecular complexity index is 1210. The van der Waals surface area contributed by atoms with Gasteiger partial charge in [0.2, 0.25) is 0 Å². The van der Waals surface area contributed by atoms with E-state index in [4.69, 9.17) is 21.1 Å². The number of phenols is 1. The average molecular weight is 512 g/mol. The molecule has 3 aromatic rings. The predicted molar refractivity (Wildman–Crippen MR) is 141 cm³/mol. The molecule has 1 amide bonds. The van der Waals surface area contributed by atoms with Crippen LogP contribution in [0.25, 0.3) is 11.3 Å². The number of aromatic hydroxyl groups is 1. The van der Waals surface area contributed by atoms with Gasteiger partial charge in [0.15, 0.2) is 0 Å². The highest BCUT2D eigenvalue weighted by molar-refractivity contribution is 6.31. The number of carbonyl (C=O) groups is 1. The Morgan fingerprint density at radius 3 is 2.69 bits per heavy atom. The van der Waals surface area contributed by atoms with Crippen molar-refractivity contribution in [2.24, 2.45) is 5.92 Å². The number of fused-ring (bicyclic) bond motifs is 1. The minimum absolute atomic E-state index is 0.0504. The van der Waals surface area contributed by atoms with Crippen LogP contribution in [0, 0.1) is 5.92 Å². The smallest absolute Gasteiger partial charge is 0.273 e. The van der Waals surface area contributed by atoms with Gasteiger partial charge in [-0.05, 0) is 68.5 Å². The molecular formula is C28H34ClN3O4. The van der Waals surface area contributed by atoms with Crippen molar-refractivity contribution in [2.75, 3.05) is 19.8 Å². The summed E-state index contributed by atoms with van der Waals surface area (Å²) >= 11 is 6.24. The van der Waals surface area contributed by atoms with Crippen LogP contribution in [0.4, 0.5) is 0 Å². The SMILES string of the molecule is CC(C)CCOc1cccc(C2c3c(-c4cc(Cl)ccc4O)n[nH]c3C(=O)N2CCCOC(C)C)c1. The molecule has 4 rings (SSSR count). The number of benzene rings is 2. The number of ether oxygens (including phenoxy) is 2. The van der Waals surface area contributed by atoms with Crippen LogP contribution in [0.15, 0.2) is 42.5 Å². The third-order valence-corrected chi connectivity index (χ3v) is 6.44. The molecule has 1 aromatic heterocycles. The van der Waals surface area contributed by atoms with E-state index in [0.29, 0.717) is 54.1 Å². The number of H-pyrrole nitrogens is 1. The molecule has 8 heteroatoms. The normalized spacial score (nSPS) is 15.2. The van der Waals surface area contributed by atoms with Crippen LogP contribution in [0.5, 0.6) is 11.5 Å². The van der Waals surface area contributed by atoms with Gasteiger partial charge in [-0.1, -0.05) is 37.6 Å². The number of nitrogens with one attached hydrogen (secondary N) is 1. The molecule has 0 radical (unpaired) electrons. The third kappa shape index (κ3) is 5.68. The highest BCUT2D eigenvalue weighted by atomic mass is 35.5. The molecule has 0 spiro atoms. The fraction of sp³-hybridized carbons (Fsp3) is 0.429. The predicted octanol–water partition coefficient (Wildman–Crippen LogP) is 6.22. The Hall–Kier alpha value is -3.03. The number of rotatable bonds is 11. The summed E-state index contributed by atoms with van der Waals surface area (Å²) < 4.78 is 11.7. The Labute approximate surface area is 217 Å². The highest BCUT2D eigenvalue weighted by Crippen LogP contribution is 2.45. The molecule has 1 aliphatic heterocycles. The van der Waals surface area contributed by atoms with Crippen molar-refractivity contribution in [3.63, 3.8) is 0 Å². The summed E-state index contributed by atoms with van der Waals surface area (Å²) in [4.78, 5) is 15.4. The Morgan fingerprint density at radius 2 is 1.94 bits per heavy atom. The zero-order valence-corrected chi connectivity index (χ0v) is 22.0. The molecule has 2 N–H and O–H groups in total. The number of carbonyl (C=O) groups excluding carboxylic acids is 1. The van der Waals surface area contributed by atoms with Crippen LogP contribution >= 0.6 is 11.6 Å². The fourth-order valence-electron chi connectivity index (χ4n) is 4.42. The molecule has 36 heavy (non-hydrogen) atoms. The maximum Gasteiger partial charge on any atom is 0.273 e. The lowest BCUT2D eigenvalue weighted by atomic mass is 9.95. The second kappa shape index (κ2) is 11.4. The molecule has 1 atom stereocenters. The topological polar surface area (TPSA) is 87.7 Å². The van der Waals surface area contributed by atoms with Gasteiger partial charge in [-0.15, -0.1) is 0 Å². The van der Waals surface area contributed by atoms with Crippen LogP contribution in [0.2, 0.25) is 5.02 Å². The molecule has 1 aliphatic rings. The lowest BCUT2D eigenvalue weighted by Gasteiger charge is -2.27. The van der Waals surface area contributed by atoms with E-state index >= 15 is 0 Å². The summed E-state index contributed by atoms with van der Waals surface area (Å²) in [5.41, 5.74) is 3.05. The summed E-state index contributed by atoms with van der Waals surface area (Å²) in [5.74, 6) is 1.22. The summed E-state index contributed by atoms with van der Waals surface area (Å²) in [6.07, 6.45) is 1.78. The van der Waals surface area contributed by atoms with Gasteiger partial charge in [0.05, 0.1) is 18.8 Å². The first-order valence-corrected chi connectivity index (χ1v) is 12.9. The summed E-state index contributed by atoms with van der Waals surface area (Å²) in [7, 11) is 0. The molecule has 0 fully saturated rings. The number of nitrogens with zero attached hydrogens (tertiary/aromatic N) is 2. The lowest BCUT2D eigenvalue weighted by Crippen LogP contribution is -2.31. The van der Waals surface area contributed by atoms with Crippen LogP contribution in [-0.2, 0) is 4.74 Å². The standard InChI is InChI=1S/C28H34ClN3O4/c1-17(2)11-14-36-21-8-5-7-19(15-21)27-24-25(22-16-20(29)9-10-23(22)33)30-31-26(24)28(34)32(27)12-6-13-35-18(3)4/h5,7-10,15-18,27,33H,6,11-14H2,1-4H3,(H,30,31). The molecule has 0 aliphatic carbocycles. The van der Waals surface area contributed by atoms with Crippen LogP contribution in [-0.4, -0.2) is 52.0 Å². The van der Waals surface area contributed by atoms with E-state index in [9.17, 15) is 9.90 Å². The van der Waals surface area contributed by atoms with Gasteiger partial charge >= 0.3 is 0 Å². The molecule has 0 saturated heterocycles. The average Bonchev–Trinajstić information content (AvgIpc) is 3.37. The van der Waals surface area contributed by atoms with Crippen molar-refractivity contribution in [1.82, 2.24) is 15.1 Å². The van der Waals surface area contributed by atoms with Crippen molar-refractivity contribution in [3.05, 3.63) is 64.3 Å². The van der Waals surface area contributed by atoms with E-state index in [1.807, 2.05) is 43.0 Å². The monoisotopic (exact) mass is 511 g/mol. The summed E-state index contributed by atoms with van der Waals surface area (Å²) in [5, 5.41) is 18.4. The second-order valence-corrected chi connectivity index (χ2v) is 10.2. The van der Waals surface area contributed by atoms with Crippen LogP contribution < -0.4 is 4.74 Å². The number of hydrogen-bond donors (Lipinski definition) is 2. The van der Waals surface area contributed by atoms with Gasteiger partial charge in [-0.2, -0.15) is 5.10 Å². The van der Waals surface area contributed by atoms with Gasteiger partial charge in [-0.3, -0.25) is 9.89 Å². The van der Waals surface area contributed by atoms with Gasteiger partial charge < -0.3 is 19.5 Å². The number of halogens is 1. The van der Waals surface area contributed by atoms with Gasteiger partial charge in [0, 0.05) is 29.3 Å². The largest absolute Gasteiger partial charge is 0.507 e. The molecule has 192 valence electrons. The number of amides is 1. The van der Waals surface area contributed by atoms with Crippen molar-refractivity contribution < 1.29 is 19.4 Å². The van der Waals surface area contributed by atoms with E-state index in [1.54, 1.807) is 12.1 Å². The first-order valence-electron chi connectivity index (χ1n) is 12.5. The molecule has 2 aromatic carbocycles. The summed E-state index contributed by atoms with van der Waals surface area (Å²) in [6, 6.07) is 12.3. The lowest BCUT2D eigenvalue weighted by molar-refractivity contribution is 0.0601. The van der Waals surface area contributed by atoms with Gasteiger partial charge in [-0.25, -0.2) is 0 Å². The molecule has 0 bridgehead atoms. The quantitative estimate of drug-likeness (QED) is 0.298.